The number of aryl methyl sites for hydroxylation is 2. The van der Waals surface area contributed by atoms with Gasteiger partial charge in [-0.1, -0.05) is 24.3 Å². The van der Waals surface area contributed by atoms with Crippen molar-refractivity contribution in [3.63, 3.8) is 0 Å². The van der Waals surface area contributed by atoms with Crippen molar-refractivity contribution in [3.05, 3.63) is 59.3 Å². The van der Waals surface area contributed by atoms with E-state index in [-0.39, 0.29) is 0 Å². The first-order chi connectivity index (χ1) is 17.2. The molecule has 4 aromatic rings. The maximum Gasteiger partial charge on any atom is 0.124 e. The van der Waals surface area contributed by atoms with Crippen molar-refractivity contribution in [1.82, 2.24) is 25.3 Å². The van der Waals surface area contributed by atoms with Crippen molar-refractivity contribution in [2.75, 3.05) is 0 Å². The monoisotopic (exact) mass is 461 g/mol. The molecule has 0 amide bonds. The number of nitrogens with zero attached hydrogens (tertiary/aromatic N) is 2. The van der Waals surface area contributed by atoms with Crippen LogP contribution < -0.4 is 5.32 Å². The molecule has 4 fully saturated rings. The van der Waals surface area contributed by atoms with Crippen LogP contribution in [-0.2, 0) is 12.8 Å². The van der Waals surface area contributed by atoms with Gasteiger partial charge in [0.25, 0.3) is 0 Å². The number of nitrogens with one attached hydrogen (secondary N) is 3. The Morgan fingerprint density at radius 3 is 2.51 bits per heavy atom. The molecule has 0 bridgehead atoms. The van der Waals surface area contributed by atoms with Crippen LogP contribution in [0.15, 0.2) is 36.4 Å². The average molecular weight is 462 g/mol. The maximum atomic E-state index is 5.15. The molecule has 2 aromatic carbocycles. The minimum Gasteiger partial charge on any atom is -0.344 e. The summed E-state index contributed by atoms with van der Waals surface area (Å²) in [4.78, 5) is 17.5. The molecular formula is C30H31N5. The largest absolute Gasteiger partial charge is 0.344 e. The Labute approximate surface area is 205 Å². The van der Waals surface area contributed by atoms with Crippen LogP contribution in [0.5, 0.6) is 0 Å². The normalized spacial score (nSPS) is 32.1. The Morgan fingerprint density at radius 1 is 0.743 bits per heavy atom. The molecule has 5 aliphatic rings. The molecule has 1 saturated heterocycles. The molecule has 4 aliphatic carbocycles. The number of fused-ring (bicyclic) bond motifs is 6. The standard InChI is InChI=1S/C30H31N5/c1-2-17-8-15(16-5-7-23-26(12-16)34-29(32-23)21-10-18-9-19(18)11-21)4-6-22(17)28-24(3-1)33-30(35-28)27-14-20-13-25(20)31-27/h4-8,12,18-21,25,27,31H,1-3,9-11,13-14H2,(H,32,34)(H,33,35)/t18-,19+,20-,21?,25-,27+/m1/s1. The molecule has 1 aliphatic heterocycles. The van der Waals surface area contributed by atoms with Crippen molar-refractivity contribution in [1.29, 1.82) is 0 Å². The number of aromatic amines is 2. The van der Waals surface area contributed by atoms with Crippen LogP contribution in [0, 0.1) is 17.8 Å². The number of piperidine rings is 1. The molecule has 0 radical (unpaired) electrons. The summed E-state index contributed by atoms with van der Waals surface area (Å²) in [5.41, 5.74) is 10.1. The molecule has 1 unspecified atom stereocenters. The minimum atomic E-state index is 0.412. The maximum absolute atomic E-state index is 5.15. The quantitative estimate of drug-likeness (QED) is 0.348. The van der Waals surface area contributed by atoms with Crippen LogP contribution in [0.1, 0.15) is 73.4 Å². The first-order valence-electron chi connectivity index (χ1n) is 13.7. The molecule has 9 rings (SSSR count). The van der Waals surface area contributed by atoms with Crippen molar-refractivity contribution < 1.29 is 0 Å². The summed E-state index contributed by atoms with van der Waals surface area (Å²) in [6, 6.07) is 14.9. The zero-order valence-corrected chi connectivity index (χ0v) is 20.0. The highest BCUT2D eigenvalue weighted by atomic mass is 15.1. The Bertz CT molecular complexity index is 1470. The first kappa shape index (κ1) is 19.3. The smallest absolute Gasteiger partial charge is 0.124 e. The summed E-state index contributed by atoms with van der Waals surface area (Å²) in [6.45, 7) is 0. The van der Waals surface area contributed by atoms with Gasteiger partial charge in [-0.25, -0.2) is 9.97 Å². The summed E-state index contributed by atoms with van der Waals surface area (Å²) in [7, 11) is 0. The number of benzene rings is 2. The molecule has 3 heterocycles. The van der Waals surface area contributed by atoms with Crippen LogP contribution in [0.25, 0.3) is 33.4 Å². The fraction of sp³-hybridized carbons (Fsp3) is 0.467. The Morgan fingerprint density at radius 2 is 1.63 bits per heavy atom. The molecule has 176 valence electrons. The van der Waals surface area contributed by atoms with E-state index in [4.69, 9.17) is 9.97 Å². The van der Waals surface area contributed by atoms with E-state index in [1.54, 1.807) is 0 Å². The summed E-state index contributed by atoms with van der Waals surface area (Å²) in [6.07, 6.45) is 10.1. The predicted octanol–water partition coefficient (Wildman–Crippen LogP) is 6.05. The molecule has 3 N–H and O–H groups in total. The fourth-order valence-corrected chi connectivity index (χ4v) is 7.54. The van der Waals surface area contributed by atoms with E-state index in [0.29, 0.717) is 12.0 Å². The molecular weight excluding hydrogens is 430 g/mol. The van der Waals surface area contributed by atoms with E-state index in [1.807, 2.05) is 0 Å². The zero-order valence-electron chi connectivity index (χ0n) is 20.0. The average Bonchev–Trinajstić information content (AvgIpc) is 3.50. The number of H-pyrrole nitrogens is 2. The van der Waals surface area contributed by atoms with E-state index in [2.05, 4.69) is 51.7 Å². The second-order valence-corrected chi connectivity index (χ2v) is 12.0. The second kappa shape index (κ2) is 6.85. The highest BCUT2D eigenvalue weighted by Gasteiger charge is 2.47. The highest BCUT2D eigenvalue weighted by Crippen LogP contribution is 2.57. The van der Waals surface area contributed by atoms with Crippen molar-refractivity contribution in [2.24, 2.45) is 17.8 Å². The second-order valence-electron chi connectivity index (χ2n) is 12.0. The van der Waals surface area contributed by atoms with Gasteiger partial charge in [-0.05, 0) is 97.9 Å². The lowest BCUT2D eigenvalue weighted by molar-refractivity contribution is 0.542. The van der Waals surface area contributed by atoms with Gasteiger partial charge in [0.15, 0.2) is 0 Å². The van der Waals surface area contributed by atoms with Crippen LogP contribution in [0.2, 0.25) is 0 Å². The first-order valence-corrected chi connectivity index (χ1v) is 13.7. The van der Waals surface area contributed by atoms with Crippen molar-refractivity contribution in [3.8, 4) is 22.4 Å². The summed E-state index contributed by atoms with van der Waals surface area (Å²) in [5, 5.41) is 3.76. The molecule has 0 spiro atoms. The number of hydrogen-bond acceptors (Lipinski definition) is 3. The van der Waals surface area contributed by atoms with Gasteiger partial charge < -0.3 is 15.3 Å². The summed E-state index contributed by atoms with van der Waals surface area (Å²) >= 11 is 0. The van der Waals surface area contributed by atoms with Gasteiger partial charge in [0.2, 0.25) is 0 Å². The van der Waals surface area contributed by atoms with Crippen LogP contribution in [0.3, 0.4) is 0 Å². The summed E-state index contributed by atoms with van der Waals surface area (Å²) in [5.74, 6) is 5.84. The molecule has 6 atom stereocenters. The topological polar surface area (TPSA) is 69.4 Å². The van der Waals surface area contributed by atoms with Crippen LogP contribution >= 0.6 is 0 Å². The Balaban J connectivity index is 1.05. The third-order valence-corrected chi connectivity index (χ3v) is 9.70. The van der Waals surface area contributed by atoms with Crippen molar-refractivity contribution in [2.45, 2.75) is 69.4 Å². The minimum absolute atomic E-state index is 0.412. The van der Waals surface area contributed by atoms with E-state index < -0.39 is 0 Å². The lowest BCUT2D eigenvalue weighted by atomic mass is 9.96. The predicted molar refractivity (Wildman–Crippen MR) is 137 cm³/mol. The Kier molecular flexibility index (Phi) is 3.77. The number of hydrogen-bond donors (Lipinski definition) is 3. The van der Waals surface area contributed by atoms with Gasteiger partial charge in [0, 0.05) is 23.2 Å². The van der Waals surface area contributed by atoms with Gasteiger partial charge >= 0.3 is 0 Å². The number of rotatable bonds is 3. The molecule has 5 heteroatoms. The summed E-state index contributed by atoms with van der Waals surface area (Å²) < 4.78 is 0. The van der Waals surface area contributed by atoms with Gasteiger partial charge in [-0.15, -0.1) is 0 Å². The molecule has 35 heavy (non-hydrogen) atoms. The molecule has 3 saturated carbocycles. The van der Waals surface area contributed by atoms with Gasteiger partial charge in [-0.3, -0.25) is 0 Å². The van der Waals surface area contributed by atoms with Gasteiger partial charge in [0.05, 0.1) is 22.8 Å². The third-order valence-electron chi connectivity index (χ3n) is 9.70. The Hall–Kier alpha value is -2.92. The third kappa shape index (κ3) is 3.03. The van der Waals surface area contributed by atoms with E-state index in [1.165, 1.54) is 83.5 Å². The lowest BCUT2D eigenvalue weighted by Gasteiger charge is -2.11. The van der Waals surface area contributed by atoms with E-state index in [0.717, 1.165) is 48.0 Å². The van der Waals surface area contributed by atoms with E-state index >= 15 is 0 Å². The SMILES string of the molecule is c1cc2c(cc1-c1ccc3nc(C4C[C@@H]5C[C@@H]5C4)[nH]c3c1)CCCc1[nH]c([C@@H]3C[C@H]4C[C@H]4N3)nc1-2. The zero-order chi connectivity index (χ0) is 22.7. The van der Waals surface area contributed by atoms with E-state index in [9.17, 15) is 0 Å². The molecule has 2 aromatic heterocycles. The number of aromatic nitrogens is 4. The number of imidazole rings is 2. The van der Waals surface area contributed by atoms with Crippen molar-refractivity contribution >= 4 is 11.0 Å². The van der Waals surface area contributed by atoms with Crippen LogP contribution in [0.4, 0.5) is 0 Å². The van der Waals surface area contributed by atoms with Crippen LogP contribution in [-0.4, -0.2) is 26.0 Å². The molecule has 5 nitrogen and oxygen atoms in total. The van der Waals surface area contributed by atoms with Gasteiger partial charge in [-0.2, -0.15) is 0 Å². The fourth-order valence-electron chi connectivity index (χ4n) is 7.54. The lowest BCUT2D eigenvalue weighted by Crippen LogP contribution is -2.18. The highest BCUT2D eigenvalue weighted by molar-refractivity contribution is 5.83. The van der Waals surface area contributed by atoms with Gasteiger partial charge in [0.1, 0.15) is 11.6 Å².